The summed E-state index contributed by atoms with van der Waals surface area (Å²) in [5, 5.41) is 11.3. The molecule has 0 radical (unpaired) electrons. The molecule has 0 aliphatic carbocycles. The van der Waals surface area contributed by atoms with Gasteiger partial charge in [-0.2, -0.15) is 0 Å². The summed E-state index contributed by atoms with van der Waals surface area (Å²) in [6.45, 7) is 1.16. The highest BCUT2D eigenvalue weighted by molar-refractivity contribution is 8.00. The molecule has 1 aliphatic heterocycles. The second kappa shape index (κ2) is 6.78. The number of carbonyl (C=O) groups is 1. The lowest BCUT2D eigenvalue weighted by atomic mass is 10.2. The Labute approximate surface area is 147 Å². The van der Waals surface area contributed by atoms with E-state index in [1.807, 2.05) is 35.7 Å². The van der Waals surface area contributed by atoms with Crippen LogP contribution in [0.15, 0.2) is 53.0 Å². The van der Waals surface area contributed by atoms with Crippen LogP contribution in [0.5, 0.6) is 0 Å². The van der Waals surface area contributed by atoms with Crippen LogP contribution in [0, 0.1) is 0 Å². The van der Waals surface area contributed by atoms with E-state index in [2.05, 4.69) is 26.9 Å². The zero-order valence-electron chi connectivity index (χ0n) is 12.8. The Hall–Kier alpha value is -2.12. The SMILES string of the molecule is O=C1OCC[C@@H]1Sc1nnc(-c2cccs2)n1Cc1ccccc1. The molecule has 0 N–H and O–H groups in total. The molecule has 3 aromatic rings. The molecule has 0 spiro atoms. The summed E-state index contributed by atoms with van der Waals surface area (Å²) in [4.78, 5) is 12.9. The van der Waals surface area contributed by atoms with Gasteiger partial charge >= 0.3 is 5.97 Å². The van der Waals surface area contributed by atoms with Crippen LogP contribution in [0.3, 0.4) is 0 Å². The first-order chi connectivity index (χ1) is 11.8. The minimum atomic E-state index is -0.195. The summed E-state index contributed by atoms with van der Waals surface area (Å²) in [5.74, 6) is 0.676. The molecule has 1 saturated heterocycles. The zero-order chi connectivity index (χ0) is 16.4. The number of benzene rings is 1. The molecule has 1 aliphatic rings. The topological polar surface area (TPSA) is 57.0 Å². The molecule has 3 heterocycles. The molecule has 0 amide bonds. The van der Waals surface area contributed by atoms with Crippen LogP contribution in [0.2, 0.25) is 0 Å². The molecule has 0 bridgehead atoms. The first kappa shape index (κ1) is 15.4. The van der Waals surface area contributed by atoms with E-state index in [-0.39, 0.29) is 11.2 Å². The van der Waals surface area contributed by atoms with Crippen molar-refractivity contribution < 1.29 is 9.53 Å². The van der Waals surface area contributed by atoms with E-state index in [1.165, 1.54) is 17.3 Å². The maximum absolute atomic E-state index is 11.8. The highest BCUT2D eigenvalue weighted by Crippen LogP contribution is 2.32. The Morgan fingerprint density at radius 2 is 2.08 bits per heavy atom. The van der Waals surface area contributed by atoms with E-state index >= 15 is 0 Å². The van der Waals surface area contributed by atoms with Gasteiger partial charge in [-0.25, -0.2) is 0 Å². The Bertz CT molecular complexity index is 831. The number of nitrogens with zero attached hydrogens (tertiary/aromatic N) is 3. The first-order valence-electron chi connectivity index (χ1n) is 7.65. The molecular formula is C17H15N3O2S2. The zero-order valence-corrected chi connectivity index (χ0v) is 14.4. The third-order valence-corrected chi connectivity index (χ3v) is 5.87. The number of cyclic esters (lactones) is 1. The Kier molecular flexibility index (Phi) is 4.36. The molecule has 0 saturated carbocycles. The van der Waals surface area contributed by atoms with Gasteiger partial charge in [-0.3, -0.25) is 9.36 Å². The molecule has 1 atom stereocenters. The van der Waals surface area contributed by atoms with Crippen LogP contribution >= 0.6 is 23.1 Å². The quantitative estimate of drug-likeness (QED) is 0.655. The highest BCUT2D eigenvalue weighted by atomic mass is 32.2. The molecule has 4 rings (SSSR count). The maximum atomic E-state index is 11.8. The molecule has 1 aromatic carbocycles. The van der Waals surface area contributed by atoms with Crippen molar-refractivity contribution in [1.29, 1.82) is 0 Å². The van der Waals surface area contributed by atoms with Crippen molar-refractivity contribution in [3.05, 3.63) is 53.4 Å². The predicted molar refractivity (Wildman–Crippen MR) is 94.1 cm³/mol. The first-order valence-corrected chi connectivity index (χ1v) is 9.41. The summed E-state index contributed by atoms with van der Waals surface area (Å²) in [6.07, 6.45) is 0.718. The maximum Gasteiger partial charge on any atom is 0.319 e. The molecule has 0 unspecified atom stereocenters. The number of aromatic nitrogens is 3. The molecule has 24 heavy (non-hydrogen) atoms. The number of thioether (sulfide) groups is 1. The number of carbonyl (C=O) groups excluding carboxylic acids is 1. The van der Waals surface area contributed by atoms with Gasteiger partial charge in [0, 0.05) is 6.42 Å². The summed E-state index contributed by atoms with van der Waals surface area (Å²) >= 11 is 3.08. The Balaban J connectivity index is 1.69. The van der Waals surface area contributed by atoms with Crippen LogP contribution in [0.4, 0.5) is 0 Å². The van der Waals surface area contributed by atoms with Gasteiger partial charge in [-0.1, -0.05) is 48.2 Å². The fourth-order valence-electron chi connectivity index (χ4n) is 2.58. The van der Waals surface area contributed by atoms with Crippen LogP contribution in [0.1, 0.15) is 12.0 Å². The fraction of sp³-hybridized carbons (Fsp3) is 0.235. The summed E-state index contributed by atoms with van der Waals surface area (Å²) in [6, 6.07) is 14.2. The van der Waals surface area contributed by atoms with Crippen molar-refractivity contribution in [3.8, 4) is 10.7 Å². The van der Waals surface area contributed by atoms with Crippen molar-refractivity contribution in [3.63, 3.8) is 0 Å². The van der Waals surface area contributed by atoms with E-state index in [0.717, 1.165) is 22.3 Å². The van der Waals surface area contributed by atoms with Crippen molar-refractivity contribution in [2.75, 3.05) is 6.61 Å². The smallest absolute Gasteiger partial charge is 0.319 e. The normalized spacial score (nSPS) is 17.2. The highest BCUT2D eigenvalue weighted by Gasteiger charge is 2.30. The van der Waals surface area contributed by atoms with Gasteiger partial charge in [-0.05, 0) is 17.0 Å². The molecule has 1 fully saturated rings. The predicted octanol–water partition coefficient (Wildman–Crippen LogP) is 3.46. The molecule has 2 aromatic heterocycles. The molecule has 7 heteroatoms. The second-order valence-corrected chi connectivity index (χ2v) is 7.54. The van der Waals surface area contributed by atoms with Crippen LogP contribution in [-0.4, -0.2) is 32.6 Å². The van der Waals surface area contributed by atoms with E-state index in [9.17, 15) is 4.79 Å². The number of hydrogen-bond acceptors (Lipinski definition) is 6. The third kappa shape index (κ3) is 3.09. The number of rotatable bonds is 5. The standard InChI is InChI=1S/C17H15N3O2S2/c21-16-14(8-9-22-16)24-17-19-18-15(13-7-4-10-23-13)20(17)11-12-5-2-1-3-6-12/h1-7,10,14H,8-9,11H2/t14-/m0/s1. The van der Waals surface area contributed by atoms with Crippen molar-refractivity contribution in [1.82, 2.24) is 14.8 Å². The largest absolute Gasteiger partial charge is 0.465 e. The number of thiophene rings is 1. The minimum Gasteiger partial charge on any atom is -0.465 e. The van der Waals surface area contributed by atoms with Gasteiger partial charge in [0.2, 0.25) is 0 Å². The summed E-state index contributed by atoms with van der Waals surface area (Å²) in [5.41, 5.74) is 1.17. The molecule has 5 nitrogen and oxygen atoms in total. The van der Waals surface area contributed by atoms with Gasteiger partial charge in [0.25, 0.3) is 0 Å². The second-order valence-electron chi connectivity index (χ2n) is 5.42. The Morgan fingerprint density at radius 1 is 1.21 bits per heavy atom. The van der Waals surface area contributed by atoms with E-state index in [4.69, 9.17) is 4.74 Å². The van der Waals surface area contributed by atoms with Crippen LogP contribution in [-0.2, 0) is 16.1 Å². The summed E-state index contributed by atoms with van der Waals surface area (Å²) < 4.78 is 7.14. The van der Waals surface area contributed by atoms with Crippen molar-refractivity contribution in [2.45, 2.75) is 23.4 Å². The fourth-order valence-corrected chi connectivity index (χ4v) is 4.30. The van der Waals surface area contributed by atoms with Gasteiger partial charge in [0.1, 0.15) is 5.25 Å². The lowest BCUT2D eigenvalue weighted by Crippen LogP contribution is -2.12. The molecular weight excluding hydrogens is 342 g/mol. The number of ether oxygens (including phenoxy) is 1. The van der Waals surface area contributed by atoms with Crippen LogP contribution < -0.4 is 0 Å². The van der Waals surface area contributed by atoms with E-state index in [0.29, 0.717) is 13.2 Å². The number of esters is 1. The van der Waals surface area contributed by atoms with E-state index < -0.39 is 0 Å². The van der Waals surface area contributed by atoms with Crippen molar-refractivity contribution >= 4 is 29.1 Å². The summed E-state index contributed by atoms with van der Waals surface area (Å²) in [7, 11) is 0. The van der Waals surface area contributed by atoms with Crippen molar-refractivity contribution in [2.24, 2.45) is 0 Å². The average molecular weight is 357 g/mol. The lowest BCUT2D eigenvalue weighted by molar-refractivity contribution is -0.137. The van der Waals surface area contributed by atoms with Gasteiger partial charge in [0.05, 0.1) is 18.0 Å². The average Bonchev–Trinajstić information content (AvgIpc) is 3.32. The number of hydrogen-bond donors (Lipinski definition) is 0. The monoisotopic (exact) mass is 357 g/mol. The minimum absolute atomic E-state index is 0.160. The third-order valence-electron chi connectivity index (χ3n) is 3.78. The Morgan fingerprint density at radius 3 is 2.79 bits per heavy atom. The molecule has 122 valence electrons. The van der Waals surface area contributed by atoms with Gasteiger partial charge < -0.3 is 4.74 Å². The van der Waals surface area contributed by atoms with Crippen LogP contribution in [0.25, 0.3) is 10.7 Å². The van der Waals surface area contributed by atoms with Gasteiger partial charge in [0.15, 0.2) is 11.0 Å². The lowest BCUT2D eigenvalue weighted by Gasteiger charge is -2.11. The van der Waals surface area contributed by atoms with E-state index in [1.54, 1.807) is 11.3 Å². The van der Waals surface area contributed by atoms with Gasteiger partial charge in [-0.15, -0.1) is 21.5 Å².